The van der Waals surface area contributed by atoms with Crippen molar-refractivity contribution in [2.45, 2.75) is 19.4 Å². The van der Waals surface area contributed by atoms with Crippen molar-refractivity contribution in [1.82, 2.24) is 5.43 Å². The summed E-state index contributed by atoms with van der Waals surface area (Å²) in [5.41, 5.74) is 4.08. The molecule has 0 saturated heterocycles. The number of halogens is 2. The lowest BCUT2D eigenvalue weighted by atomic mass is 9.98. The van der Waals surface area contributed by atoms with Crippen LogP contribution in [0.25, 0.3) is 0 Å². The molecule has 1 unspecified atom stereocenters. The third-order valence-electron chi connectivity index (χ3n) is 3.15. The Labute approximate surface area is 128 Å². The van der Waals surface area contributed by atoms with Crippen molar-refractivity contribution in [3.05, 3.63) is 64.4 Å². The summed E-state index contributed by atoms with van der Waals surface area (Å²) in [4.78, 5) is 0. The molecule has 0 aliphatic rings. The van der Waals surface area contributed by atoms with E-state index in [2.05, 4.69) is 5.43 Å². The molecule has 3 nitrogen and oxygen atoms in total. The van der Waals surface area contributed by atoms with Crippen LogP contribution in [0.3, 0.4) is 0 Å². The number of hydrazine groups is 1. The summed E-state index contributed by atoms with van der Waals surface area (Å²) in [5.74, 6) is 5.91. The summed E-state index contributed by atoms with van der Waals surface area (Å²) >= 11 is 6.06. The Kier molecular flexibility index (Phi) is 5.56. The van der Waals surface area contributed by atoms with Crippen LogP contribution in [0.5, 0.6) is 5.75 Å². The van der Waals surface area contributed by atoms with E-state index in [4.69, 9.17) is 22.2 Å². The number of benzene rings is 2. The summed E-state index contributed by atoms with van der Waals surface area (Å²) in [7, 11) is 0. The Morgan fingerprint density at radius 2 is 1.90 bits per heavy atom. The second-order valence-electron chi connectivity index (χ2n) is 4.63. The lowest BCUT2D eigenvalue weighted by Gasteiger charge is -2.21. The van der Waals surface area contributed by atoms with E-state index in [1.54, 1.807) is 12.1 Å². The SMILES string of the molecule is CCCOc1ccccc1C(NN)c1cccc(F)c1Cl. The van der Waals surface area contributed by atoms with Crippen LogP contribution in [0.1, 0.15) is 30.5 Å². The minimum absolute atomic E-state index is 0.0609. The highest BCUT2D eigenvalue weighted by atomic mass is 35.5. The van der Waals surface area contributed by atoms with Gasteiger partial charge in [0, 0.05) is 5.56 Å². The van der Waals surface area contributed by atoms with Gasteiger partial charge in [-0.3, -0.25) is 5.84 Å². The number of nitrogens with two attached hydrogens (primary N) is 1. The molecular weight excluding hydrogens is 291 g/mol. The van der Waals surface area contributed by atoms with Gasteiger partial charge in [0.1, 0.15) is 11.6 Å². The molecular formula is C16H18ClFN2O. The van der Waals surface area contributed by atoms with Crippen molar-refractivity contribution in [2.24, 2.45) is 5.84 Å². The lowest BCUT2D eigenvalue weighted by Crippen LogP contribution is -2.29. The Bertz CT molecular complexity index is 607. The van der Waals surface area contributed by atoms with E-state index in [-0.39, 0.29) is 5.02 Å². The molecule has 0 radical (unpaired) electrons. The van der Waals surface area contributed by atoms with Gasteiger partial charge >= 0.3 is 0 Å². The minimum atomic E-state index is -0.471. The fraction of sp³-hybridized carbons (Fsp3) is 0.250. The number of ether oxygens (including phenoxy) is 1. The molecule has 0 aromatic heterocycles. The van der Waals surface area contributed by atoms with E-state index < -0.39 is 11.9 Å². The van der Waals surface area contributed by atoms with Gasteiger partial charge in [0.15, 0.2) is 0 Å². The first-order valence-electron chi connectivity index (χ1n) is 6.80. The van der Waals surface area contributed by atoms with Gasteiger partial charge < -0.3 is 4.74 Å². The van der Waals surface area contributed by atoms with Crippen LogP contribution in [0, 0.1) is 5.82 Å². The number of hydrogen-bond acceptors (Lipinski definition) is 3. The molecule has 21 heavy (non-hydrogen) atoms. The Balaban J connectivity index is 2.44. The van der Waals surface area contributed by atoms with E-state index >= 15 is 0 Å². The van der Waals surface area contributed by atoms with Crippen molar-refractivity contribution < 1.29 is 9.13 Å². The van der Waals surface area contributed by atoms with Crippen molar-refractivity contribution >= 4 is 11.6 Å². The highest BCUT2D eigenvalue weighted by Crippen LogP contribution is 2.34. The van der Waals surface area contributed by atoms with Gasteiger partial charge in [0.25, 0.3) is 0 Å². The average molecular weight is 309 g/mol. The molecule has 0 amide bonds. The Morgan fingerprint density at radius 1 is 1.19 bits per heavy atom. The van der Waals surface area contributed by atoms with Crippen molar-refractivity contribution in [3.63, 3.8) is 0 Å². The van der Waals surface area contributed by atoms with Crippen molar-refractivity contribution in [1.29, 1.82) is 0 Å². The van der Waals surface area contributed by atoms with E-state index in [0.717, 1.165) is 12.0 Å². The summed E-state index contributed by atoms with van der Waals surface area (Å²) in [6, 6.07) is 11.7. The Hall–Kier alpha value is -1.62. The van der Waals surface area contributed by atoms with E-state index in [1.165, 1.54) is 6.07 Å². The normalized spacial score (nSPS) is 12.2. The van der Waals surface area contributed by atoms with Crippen LogP contribution in [0.4, 0.5) is 4.39 Å². The number of para-hydroxylation sites is 1. The zero-order valence-corrected chi connectivity index (χ0v) is 12.5. The molecule has 2 aromatic rings. The summed E-state index contributed by atoms with van der Waals surface area (Å²) in [6.45, 7) is 2.63. The molecule has 1 atom stereocenters. The van der Waals surface area contributed by atoms with Gasteiger partial charge in [0.05, 0.1) is 17.7 Å². The summed E-state index contributed by atoms with van der Waals surface area (Å²) < 4.78 is 19.4. The second kappa shape index (κ2) is 7.41. The molecule has 2 rings (SSSR count). The maximum atomic E-state index is 13.7. The van der Waals surface area contributed by atoms with Gasteiger partial charge in [-0.05, 0) is 24.1 Å². The molecule has 0 aliphatic carbocycles. The highest BCUT2D eigenvalue weighted by molar-refractivity contribution is 6.31. The smallest absolute Gasteiger partial charge is 0.142 e. The van der Waals surface area contributed by atoms with Crippen LogP contribution in [0.2, 0.25) is 5.02 Å². The van der Waals surface area contributed by atoms with Gasteiger partial charge in [-0.1, -0.05) is 48.9 Å². The third-order valence-corrected chi connectivity index (χ3v) is 3.55. The molecule has 112 valence electrons. The predicted octanol–water partition coefficient (Wildman–Crippen LogP) is 3.82. The standard InChI is InChI=1S/C16H18ClFN2O/c1-2-10-21-14-9-4-3-6-11(14)16(20-19)12-7-5-8-13(18)15(12)17/h3-9,16,20H,2,10,19H2,1H3. The summed E-state index contributed by atoms with van der Waals surface area (Å²) in [6.07, 6.45) is 0.899. The van der Waals surface area contributed by atoms with Crippen LogP contribution in [0.15, 0.2) is 42.5 Å². The zero-order chi connectivity index (χ0) is 15.2. The fourth-order valence-electron chi connectivity index (χ4n) is 2.15. The molecule has 0 fully saturated rings. The van der Waals surface area contributed by atoms with E-state index in [9.17, 15) is 4.39 Å². The number of hydrogen-bond donors (Lipinski definition) is 2. The summed E-state index contributed by atoms with van der Waals surface area (Å²) in [5, 5.41) is 0.0609. The molecule has 0 aliphatic heterocycles. The van der Waals surface area contributed by atoms with Gasteiger partial charge in [-0.15, -0.1) is 0 Å². The van der Waals surface area contributed by atoms with Crippen molar-refractivity contribution in [3.8, 4) is 5.75 Å². The van der Waals surface area contributed by atoms with Crippen LogP contribution < -0.4 is 16.0 Å². The molecule has 5 heteroatoms. The molecule has 0 saturated carbocycles. The van der Waals surface area contributed by atoms with Crippen LogP contribution in [-0.2, 0) is 0 Å². The quantitative estimate of drug-likeness (QED) is 0.630. The van der Waals surface area contributed by atoms with Gasteiger partial charge in [0.2, 0.25) is 0 Å². The first kappa shape index (κ1) is 15.8. The maximum Gasteiger partial charge on any atom is 0.142 e. The Morgan fingerprint density at radius 3 is 2.62 bits per heavy atom. The number of nitrogens with one attached hydrogen (secondary N) is 1. The highest BCUT2D eigenvalue weighted by Gasteiger charge is 2.20. The molecule has 2 aromatic carbocycles. The average Bonchev–Trinajstić information content (AvgIpc) is 2.51. The van der Waals surface area contributed by atoms with Gasteiger partial charge in [-0.2, -0.15) is 0 Å². The van der Waals surface area contributed by atoms with Crippen LogP contribution in [-0.4, -0.2) is 6.61 Å². The van der Waals surface area contributed by atoms with E-state index in [0.29, 0.717) is 17.9 Å². The maximum absolute atomic E-state index is 13.7. The van der Waals surface area contributed by atoms with Crippen LogP contribution >= 0.6 is 11.6 Å². The topological polar surface area (TPSA) is 47.3 Å². The lowest BCUT2D eigenvalue weighted by molar-refractivity contribution is 0.311. The molecule has 3 N–H and O–H groups in total. The largest absolute Gasteiger partial charge is 0.493 e. The van der Waals surface area contributed by atoms with E-state index in [1.807, 2.05) is 31.2 Å². The zero-order valence-electron chi connectivity index (χ0n) is 11.8. The molecule has 0 spiro atoms. The third kappa shape index (κ3) is 3.53. The number of rotatable bonds is 6. The minimum Gasteiger partial charge on any atom is -0.493 e. The molecule has 0 bridgehead atoms. The monoisotopic (exact) mass is 308 g/mol. The van der Waals surface area contributed by atoms with Gasteiger partial charge in [-0.25, -0.2) is 9.82 Å². The molecule has 0 heterocycles. The predicted molar refractivity (Wildman–Crippen MR) is 82.8 cm³/mol. The fourth-order valence-corrected chi connectivity index (χ4v) is 2.39. The second-order valence-corrected chi connectivity index (χ2v) is 5.01. The first-order valence-corrected chi connectivity index (χ1v) is 7.18. The first-order chi connectivity index (χ1) is 10.2. The van der Waals surface area contributed by atoms with Crippen molar-refractivity contribution in [2.75, 3.05) is 6.61 Å².